The summed E-state index contributed by atoms with van der Waals surface area (Å²) in [5.74, 6) is 0.508. The van der Waals surface area contributed by atoms with Crippen molar-refractivity contribution in [2.24, 2.45) is 0 Å². The van der Waals surface area contributed by atoms with Gasteiger partial charge in [-0.05, 0) is 35.6 Å². The van der Waals surface area contributed by atoms with Crippen molar-refractivity contribution in [2.75, 3.05) is 5.32 Å². The van der Waals surface area contributed by atoms with Crippen LogP contribution in [0.3, 0.4) is 0 Å². The lowest BCUT2D eigenvalue weighted by Crippen LogP contribution is -2.09. The Morgan fingerprint density at radius 2 is 1.55 bits per heavy atom. The molecule has 0 fully saturated rings. The summed E-state index contributed by atoms with van der Waals surface area (Å²) in [6, 6.07) is 18.3. The topological polar surface area (TPSA) is 35.8 Å². The van der Waals surface area contributed by atoms with Gasteiger partial charge in [-0.25, -0.2) is 0 Å². The molecule has 0 saturated heterocycles. The van der Waals surface area contributed by atoms with Gasteiger partial charge in [0.2, 0.25) is 0 Å². The van der Waals surface area contributed by atoms with Crippen LogP contribution in [0.25, 0.3) is 0 Å². The Kier molecular flexibility index (Phi) is 4.42. The van der Waals surface area contributed by atoms with E-state index in [4.69, 9.17) is 0 Å². The molecule has 0 saturated carbocycles. The van der Waals surface area contributed by atoms with Crippen molar-refractivity contribution in [3.63, 3.8) is 0 Å². The molecule has 0 spiro atoms. The van der Waals surface area contributed by atoms with Crippen molar-refractivity contribution in [2.45, 2.75) is 32.7 Å². The fourth-order valence-corrected chi connectivity index (χ4v) is 2.15. The first kappa shape index (κ1) is 14.1. The van der Waals surface area contributed by atoms with Crippen molar-refractivity contribution in [3.8, 4) is 6.07 Å². The Labute approximate surface area is 121 Å². The number of nitrogens with zero attached hydrogens (tertiary/aromatic N) is 1. The van der Waals surface area contributed by atoms with Crippen LogP contribution in [-0.4, -0.2) is 0 Å². The first-order chi connectivity index (χ1) is 9.61. The number of aryl methyl sites for hydroxylation is 1. The van der Waals surface area contributed by atoms with Crippen LogP contribution in [0.2, 0.25) is 0 Å². The molecule has 2 heteroatoms. The molecule has 0 heterocycles. The maximum Gasteiger partial charge on any atom is 0.140 e. The van der Waals surface area contributed by atoms with Crippen LogP contribution in [-0.2, 0) is 0 Å². The smallest absolute Gasteiger partial charge is 0.140 e. The van der Waals surface area contributed by atoms with Crippen LogP contribution < -0.4 is 5.32 Å². The summed E-state index contributed by atoms with van der Waals surface area (Å²) in [4.78, 5) is 0. The summed E-state index contributed by atoms with van der Waals surface area (Å²) in [5, 5.41) is 12.7. The van der Waals surface area contributed by atoms with E-state index in [2.05, 4.69) is 37.4 Å². The van der Waals surface area contributed by atoms with E-state index >= 15 is 0 Å². The second-order valence-electron chi connectivity index (χ2n) is 5.34. The molecule has 0 bridgehead atoms. The maximum atomic E-state index is 9.40. The minimum atomic E-state index is -0.322. The van der Waals surface area contributed by atoms with Gasteiger partial charge in [0.05, 0.1) is 6.07 Å². The number of benzene rings is 2. The fourth-order valence-electron chi connectivity index (χ4n) is 2.15. The number of nitrogens with one attached hydrogen (secondary N) is 1. The van der Waals surface area contributed by atoms with Gasteiger partial charge >= 0.3 is 0 Å². The predicted molar refractivity (Wildman–Crippen MR) is 83.7 cm³/mol. The first-order valence-electron chi connectivity index (χ1n) is 6.93. The molecule has 2 aromatic carbocycles. The largest absolute Gasteiger partial charge is 0.366 e. The van der Waals surface area contributed by atoms with E-state index in [1.807, 2.05) is 43.3 Å². The number of nitriles is 1. The second-order valence-corrected chi connectivity index (χ2v) is 5.34. The maximum absolute atomic E-state index is 9.40. The normalized spacial score (nSPS) is 11.9. The average Bonchev–Trinajstić information content (AvgIpc) is 2.46. The zero-order valence-electron chi connectivity index (χ0n) is 12.2. The van der Waals surface area contributed by atoms with E-state index in [0.717, 1.165) is 16.8 Å². The highest BCUT2D eigenvalue weighted by Crippen LogP contribution is 2.23. The van der Waals surface area contributed by atoms with Crippen LogP contribution >= 0.6 is 0 Å². The van der Waals surface area contributed by atoms with Gasteiger partial charge in [-0.15, -0.1) is 0 Å². The molecule has 0 aliphatic heterocycles. The van der Waals surface area contributed by atoms with Crippen molar-refractivity contribution in [3.05, 3.63) is 65.2 Å². The van der Waals surface area contributed by atoms with Crippen LogP contribution in [0.15, 0.2) is 48.5 Å². The number of anilines is 1. The van der Waals surface area contributed by atoms with E-state index in [9.17, 15) is 5.26 Å². The summed E-state index contributed by atoms with van der Waals surface area (Å²) in [6.45, 7) is 6.38. The minimum absolute atomic E-state index is 0.322. The molecule has 2 rings (SSSR count). The molecule has 1 unspecified atom stereocenters. The summed E-state index contributed by atoms with van der Waals surface area (Å²) in [5.41, 5.74) is 4.44. The SMILES string of the molecule is Cc1ccccc1NC(C#N)c1ccc(C(C)C)cc1. The molecular weight excluding hydrogens is 244 g/mol. The molecule has 0 aliphatic carbocycles. The monoisotopic (exact) mass is 264 g/mol. The molecular formula is C18H20N2. The number of para-hydroxylation sites is 1. The molecule has 20 heavy (non-hydrogen) atoms. The van der Waals surface area contributed by atoms with Gasteiger partial charge in [0.25, 0.3) is 0 Å². The van der Waals surface area contributed by atoms with Crippen LogP contribution in [0.5, 0.6) is 0 Å². The van der Waals surface area contributed by atoms with Gasteiger partial charge in [0, 0.05) is 5.69 Å². The molecule has 1 atom stereocenters. The summed E-state index contributed by atoms with van der Waals surface area (Å²) >= 11 is 0. The highest BCUT2D eigenvalue weighted by atomic mass is 14.9. The van der Waals surface area contributed by atoms with Gasteiger partial charge in [-0.3, -0.25) is 0 Å². The Hall–Kier alpha value is -2.27. The van der Waals surface area contributed by atoms with E-state index in [0.29, 0.717) is 5.92 Å². The van der Waals surface area contributed by atoms with Crippen LogP contribution in [0.1, 0.15) is 42.5 Å². The van der Waals surface area contributed by atoms with Crippen LogP contribution in [0.4, 0.5) is 5.69 Å². The minimum Gasteiger partial charge on any atom is -0.366 e. The Morgan fingerprint density at radius 3 is 2.10 bits per heavy atom. The van der Waals surface area contributed by atoms with Gasteiger partial charge in [-0.2, -0.15) is 5.26 Å². The van der Waals surface area contributed by atoms with Crippen molar-refractivity contribution < 1.29 is 0 Å². The molecule has 0 aromatic heterocycles. The molecule has 0 aliphatic rings. The quantitative estimate of drug-likeness (QED) is 0.861. The molecule has 102 valence electrons. The summed E-state index contributed by atoms with van der Waals surface area (Å²) in [7, 11) is 0. The lowest BCUT2D eigenvalue weighted by Gasteiger charge is -2.16. The number of hydrogen-bond donors (Lipinski definition) is 1. The molecule has 2 aromatic rings. The Balaban J connectivity index is 2.21. The van der Waals surface area contributed by atoms with Crippen molar-refractivity contribution in [1.82, 2.24) is 0 Å². The van der Waals surface area contributed by atoms with Gasteiger partial charge < -0.3 is 5.32 Å². The van der Waals surface area contributed by atoms with Crippen molar-refractivity contribution in [1.29, 1.82) is 5.26 Å². The zero-order valence-corrected chi connectivity index (χ0v) is 12.2. The molecule has 1 N–H and O–H groups in total. The Bertz CT molecular complexity index is 606. The fraction of sp³-hybridized carbons (Fsp3) is 0.278. The number of rotatable bonds is 4. The zero-order chi connectivity index (χ0) is 14.5. The van der Waals surface area contributed by atoms with Crippen LogP contribution in [0, 0.1) is 18.3 Å². The Morgan fingerprint density at radius 1 is 0.950 bits per heavy atom. The third-order valence-corrected chi connectivity index (χ3v) is 3.51. The lowest BCUT2D eigenvalue weighted by molar-refractivity contribution is 0.863. The second kappa shape index (κ2) is 6.25. The van der Waals surface area contributed by atoms with Gasteiger partial charge in [-0.1, -0.05) is 56.3 Å². The lowest BCUT2D eigenvalue weighted by atomic mass is 9.99. The summed E-state index contributed by atoms with van der Waals surface area (Å²) < 4.78 is 0. The standard InChI is InChI=1S/C18H20N2/c1-13(2)15-8-10-16(11-9-15)18(12-19)20-17-7-5-4-6-14(17)3/h4-11,13,18,20H,1-3H3. The average molecular weight is 264 g/mol. The van der Waals surface area contributed by atoms with Gasteiger partial charge in [0.1, 0.15) is 6.04 Å². The van der Waals surface area contributed by atoms with E-state index in [1.165, 1.54) is 5.56 Å². The molecule has 2 nitrogen and oxygen atoms in total. The highest BCUT2D eigenvalue weighted by Gasteiger charge is 2.11. The van der Waals surface area contributed by atoms with Gasteiger partial charge in [0.15, 0.2) is 0 Å². The van der Waals surface area contributed by atoms with E-state index in [-0.39, 0.29) is 6.04 Å². The third kappa shape index (κ3) is 3.19. The van der Waals surface area contributed by atoms with Crippen molar-refractivity contribution >= 4 is 5.69 Å². The first-order valence-corrected chi connectivity index (χ1v) is 6.93. The highest BCUT2D eigenvalue weighted by molar-refractivity contribution is 5.53. The summed E-state index contributed by atoms with van der Waals surface area (Å²) in [6.07, 6.45) is 0. The predicted octanol–water partition coefficient (Wildman–Crippen LogP) is 4.80. The third-order valence-electron chi connectivity index (χ3n) is 3.51. The van der Waals surface area contributed by atoms with E-state index in [1.54, 1.807) is 0 Å². The van der Waals surface area contributed by atoms with E-state index < -0.39 is 0 Å². The molecule has 0 radical (unpaired) electrons. The number of hydrogen-bond acceptors (Lipinski definition) is 2. The molecule has 0 amide bonds.